The summed E-state index contributed by atoms with van der Waals surface area (Å²) in [5.41, 5.74) is 0.243. The van der Waals surface area contributed by atoms with Gasteiger partial charge in [-0.3, -0.25) is 4.79 Å². The van der Waals surface area contributed by atoms with E-state index in [1.807, 2.05) is 58.0 Å². The van der Waals surface area contributed by atoms with Gasteiger partial charge in [-0.2, -0.15) is 0 Å². The smallest absolute Gasteiger partial charge is 0.408 e. The maximum absolute atomic E-state index is 13.2. The van der Waals surface area contributed by atoms with Gasteiger partial charge in [-0.1, -0.05) is 70.2 Å². The second kappa shape index (κ2) is 13.3. The van der Waals surface area contributed by atoms with Crippen molar-refractivity contribution < 1.29 is 23.9 Å². The zero-order valence-electron chi connectivity index (χ0n) is 21.4. The summed E-state index contributed by atoms with van der Waals surface area (Å²) < 4.78 is 10.2. The first kappa shape index (κ1) is 29.4. The van der Waals surface area contributed by atoms with Crippen LogP contribution in [0.15, 0.2) is 30.3 Å². The summed E-state index contributed by atoms with van der Waals surface area (Å²) in [4.78, 5) is 38.2. The molecule has 190 valence electrons. The van der Waals surface area contributed by atoms with Crippen LogP contribution >= 0.6 is 12.2 Å². The van der Waals surface area contributed by atoms with Crippen LogP contribution in [0, 0.1) is 11.8 Å². The fourth-order valence-electron chi connectivity index (χ4n) is 3.19. The maximum atomic E-state index is 13.2. The topological polar surface area (TPSA) is 106 Å². The molecule has 0 saturated heterocycles. The monoisotopic (exact) mass is 493 g/mol. The number of thiocarbonyl (C=S) groups is 1. The Bertz CT molecular complexity index is 837. The van der Waals surface area contributed by atoms with Crippen molar-refractivity contribution in [1.82, 2.24) is 16.0 Å². The molecule has 0 fully saturated rings. The van der Waals surface area contributed by atoms with E-state index in [1.165, 1.54) is 7.11 Å². The molecule has 8 nitrogen and oxygen atoms in total. The van der Waals surface area contributed by atoms with Gasteiger partial charge in [-0.25, -0.2) is 9.59 Å². The Morgan fingerprint density at radius 2 is 1.47 bits per heavy atom. The van der Waals surface area contributed by atoms with Gasteiger partial charge >= 0.3 is 12.1 Å². The number of rotatable bonds is 10. The van der Waals surface area contributed by atoms with E-state index in [1.54, 1.807) is 20.8 Å². The number of nitrogens with one attached hydrogen (secondary N) is 3. The Morgan fingerprint density at radius 3 is 1.94 bits per heavy atom. The Morgan fingerprint density at radius 1 is 0.912 bits per heavy atom. The number of hydrogen-bond donors (Lipinski definition) is 3. The molecule has 2 amide bonds. The van der Waals surface area contributed by atoms with E-state index in [2.05, 4.69) is 16.0 Å². The van der Waals surface area contributed by atoms with Gasteiger partial charge in [0, 0.05) is 6.42 Å². The molecule has 1 rings (SSSR count). The number of methoxy groups -OCH3 is 1. The second-order valence-corrected chi connectivity index (χ2v) is 10.3. The third kappa shape index (κ3) is 10.1. The molecule has 9 heteroatoms. The number of carbonyl (C=O) groups excluding carboxylic acids is 3. The van der Waals surface area contributed by atoms with Crippen LogP contribution in [0.3, 0.4) is 0 Å². The summed E-state index contributed by atoms with van der Waals surface area (Å²) in [6, 6.07) is 7.26. The number of amides is 2. The molecule has 0 bridgehead atoms. The minimum atomic E-state index is -0.850. The molecule has 0 spiro atoms. The van der Waals surface area contributed by atoms with Gasteiger partial charge in [0.05, 0.1) is 18.1 Å². The van der Waals surface area contributed by atoms with Crippen molar-refractivity contribution in [2.24, 2.45) is 11.8 Å². The number of alkyl carbamates (subject to hydrolysis) is 1. The van der Waals surface area contributed by atoms with E-state index in [0.29, 0.717) is 11.4 Å². The Kier molecular flexibility index (Phi) is 11.5. The third-order valence-electron chi connectivity index (χ3n) is 4.95. The van der Waals surface area contributed by atoms with Gasteiger partial charge in [-0.05, 0) is 38.2 Å². The van der Waals surface area contributed by atoms with E-state index in [-0.39, 0.29) is 17.7 Å². The summed E-state index contributed by atoms with van der Waals surface area (Å²) in [7, 11) is 1.29. The maximum Gasteiger partial charge on any atom is 0.408 e. The molecule has 0 heterocycles. The lowest BCUT2D eigenvalue weighted by Gasteiger charge is -2.30. The van der Waals surface area contributed by atoms with Gasteiger partial charge < -0.3 is 25.4 Å². The molecular weight excluding hydrogens is 454 g/mol. The highest BCUT2D eigenvalue weighted by Crippen LogP contribution is 2.12. The first-order valence-electron chi connectivity index (χ1n) is 11.5. The molecule has 3 N–H and O–H groups in total. The molecule has 0 unspecified atom stereocenters. The van der Waals surface area contributed by atoms with Crippen LogP contribution in [0.4, 0.5) is 4.79 Å². The van der Waals surface area contributed by atoms with Gasteiger partial charge in [0.2, 0.25) is 5.91 Å². The molecule has 3 atom stereocenters. The molecule has 0 saturated carbocycles. The summed E-state index contributed by atoms with van der Waals surface area (Å²) in [6.45, 7) is 12.9. The molecule has 0 aromatic heterocycles. The van der Waals surface area contributed by atoms with Crippen LogP contribution in [0.5, 0.6) is 0 Å². The summed E-state index contributed by atoms with van der Waals surface area (Å²) in [5.74, 6) is -1.12. The van der Waals surface area contributed by atoms with Crippen molar-refractivity contribution in [3.05, 3.63) is 35.9 Å². The van der Waals surface area contributed by atoms with Crippen LogP contribution in [0.25, 0.3) is 0 Å². The van der Waals surface area contributed by atoms with Crippen LogP contribution in [0.1, 0.15) is 54.0 Å². The Labute approximate surface area is 208 Å². The molecule has 0 radical (unpaired) electrons. The van der Waals surface area contributed by atoms with Crippen molar-refractivity contribution in [2.75, 3.05) is 7.11 Å². The van der Waals surface area contributed by atoms with E-state index in [9.17, 15) is 14.4 Å². The summed E-state index contributed by atoms with van der Waals surface area (Å²) >= 11 is 5.57. The van der Waals surface area contributed by atoms with E-state index in [4.69, 9.17) is 21.7 Å². The lowest BCUT2D eigenvalue weighted by molar-refractivity contribution is -0.145. The standard InChI is InChI=1S/C25H39N3O5S/c1-15(2)19(27-22(34)20(16(3)4)28-24(31)33-25(5,6)7)21(29)26-18(23(30)32-8)14-17-12-10-9-11-13-17/h9-13,15-16,18-20H,14H2,1-8H3,(H,26,29)(H,27,34)(H,28,31)/t18-,19-,20-/m0/s1. The largest absolute Gasteiger partial charge is 0.467 e. The van der Waals surface area contributed by atoms with E-state index in [0.717, 1.165) is 5.56 Å². The second-order valence-electron chi connectivity index (χ2n) is 9.87. The highest BCUT2D eigenvalue weighted by atomic mass is 32.1. The number of benzene rings is 1. The summed E-state index contributed by atoms with van der Waals surface area (Å²) in [6.07, 6.45) is -0.293. The lowest BCUT2D eigenvalue weighted by Crippen LogP contribution is -2.58. The minimum Gasteiger partial charge on any atom is -0.467 e. The SMILES string of the molecule is COC(=O)[C@H](Cc1ccccc1)NC(=O)[C@@H](NC(=S)[C@@H](NC(=O)OC(C)(C)C)C(C)C)C(C)C. The quantitative estimate of drug-likeness (QED) is 0.339. The first-order chi connectivity index (χ1) is 15.7. The normalized spacial score (nSPS) is 14.1. The van der Waals surface area contributed by atoms with Crippen molar-refractivity contribution in [3.8, 4) is 0 Å². The molecule has 0 aliphatic heterocycles. The average molecular weight is 494 g/mol. The van der Waals surface area contributed by atoms with Gasteiger partial charge in [-0.15, -0.1) is 0 Å². The van der Waals surface area contributed by atoms with Crippen LogP contribution in [0.2, 0.25) is 0 Å². The zero-order valence-corrected chi connectivity index (χ0v) is 22.2. The number of hydrogen-bond acceptors (Lipinski definition) is 6. The molecule has 0 aliphatic rings. The van der Waals surface area contributed by atoms with Gasteiger partial charge in [0.25, 0.3) is 0 Å². The first-order valence-corrected chi connectivity index (χ1v) is 11.9. The molecule has 1 aromatic carbocycles. The van der Waals surface area contributed by atoms with Crippen LogP contribution in [-0.2, 0) is 25.5 Å². The zero-order chi connectivity index (χ0) is 26.1. The number of ether oxygens (including phenoxy) is 2. The van der Waals surface area contributed by atoms with E-state index < -0.39 is 35.8 Å². The van der Waals surface area contributed by atoms with Crippen molar-refractivity contribution in [2.45, 2.75) is 78.6 Å². The molecule has 34 heavy (non-hydrogen) atoms. The predicted octanol–water partition coefficient (Wildman–Crippen LogP) is 3.38. The lowest BCUT2D eigenvalue weighted by atomic mass is 9.99. The van der Waals surface area contributed by atoms with Crippen molar-refractivity contribution in [3.63, 3.8) is 0 Å². The van der Waals surface area contributed by atoms with Gasteiger partial charge in [0.1, 0.15) is 17.7 Å². The molecule has 1 aromatic rings. The van der Waals surface area contributed by atoms with E-state index >= 15 is 0 Å². The van der Waals surface area contributed by atoms with Crippen molar-refractivity contribution in [1.29, 1.82) is 0 Å². The average Bonchev–Trinajstić information content (AvgIpc) is 2.73. The Balaban J connectivity index is 2.96. The fraction of sp³-hybridized carbons (Fsp3) is 0.600. The predicted molar refractivity (Wildman–Crippen MR) is 136 cm³/mol. The van der Waals surface area contributed by atoms with Crippen LogP contribution in [-0.4, -0.2) is 53.8 Å². The van der Waals surface area contributed by atoms with Crippen LogP contribution < -0.4 is 16.0 Å². The highest BCUT2D eigenvalue weighted by molar-refractivity contribution is 7.80. The van der Waals surface area contributed by atoms with Crippen molar-refractivity contribution >= 4 is 35.2 Å². The van der Waals surface area contributed by atoms with Gasteiger partial charge in [0.15, 0.2) is 0 Å². The molecular formula is C25H39N3O5S. The number of carbonyl (C=O) groups is 3. The minimum absolute atomic E-state index is 0.0516. The third-order valence-corrected chi connectivity index (χ3v) is 5.32. The summed E-state index contributed by atoms with van der Waals surface area (Å²) in [5, 5.41) is 8.67. The Hall–Kier alpha value is -2.68. The fourth-order valence-corrected chi connectivity index (χ4v) is 3.65. The molecule has 0 aliphatic carbocycles. The highest BCUT2D eigenvalue weighted by Gasteiger charge is 2.31. The number of esters is 1.